The Morgan fingerprint density at radius 3 is 2.07 bits per heavy atom. The minimum absolute atomic E-state index is 0.0596. The minimum Gasteiger partial charge on any atom is -0.504 e. The number of benzene rings is 3. The van der Waals surface area contributed by atoms with Crippen molar-refractivity contribution < 1.29 is 34.0 Å². The molecule has 2 N–H and O–H groups in total. The first-order chi connectivity index (χ1) is 14.4. The molecule has 3 aromatic rings. The van der Waals surface area contributed by atoms with Gasteiger partial charge in [-0.3, -0.25) is 9.59 Å². The molecule has 0 radical (unpaired) electrons. The number of allylic oxidation sites excluding steroid dienone is 2. The molecule has 4 rings (SSSR count). The molecule has 7 heteroatoms. The lowest BCUT2D eigenvalue weighted by Crippen LogP contribution is -2.18. The molecule has 1 aliphatic carbocycles. The van der Waals surface area contributed by atoms with Gasteiger partial charge >= 0.3 is 0 Å². The molecule has 0 atom stereocenters. The zero-order chi connectivity index (χ0) is 21.6. The van der Waals surface area contributed by atoms with Gasteiger partial charge in [-0.15, -0.1) is 0 Å². The van der Waals surface area contributed by atoms with Crippen molar-refractivity contribution in [1.29, 1.82) is 0 Å². The maximum Gasteiger partial charge on any atom is 0.229 e. The molecule has 0 unspecified atom stereocenters. The third kappa shape index (κ3) is 2.83. The first-order valence-electron chi connectivity index (χ1n) is 8.99. The van der Waals surface area contributed by atoms with Crippen LogP contribution in [0.2, 0.25) is 0 Å². The maximum absolute atomic E-state index is 13.0. The molecule has 7 nitrogen and oxygen atoms in total. The first kappa shape index (κ1) is 19.3. The second-order valence-electron chi connectivity index (χ2n) is 6.71. The van der Waals surface area contributed by atoms with E-state index in [9.17, 15) is 19.8 Å². The van der Waals surface area contributed by atoms with E-state index in [0.717, 1.165) is 6.08 Å². The van der Waals surface area contributed by atoms with Crippen LogP contribution >= 0.6 is 0 Å². The van der Waals surface area contributed by atoms with Gasteiger partial charge in [0, 0.05) is 17.2 Å². The van der Waals surface area contributed by atoms with Crippen molar-refractivity contribution in [3.05, 3.63) is 59.4 Å². The van der Waals surface area contributed by atoms with E-state index in [-0.39, 0.29) is 39.9 Å². The average Bonchev–Trinajstić information content (AvgIpc) is 2.74. The van der Waals surface area contributed by atoms with E-state index < -0.39 is 5.78 Å². The van der Waals surface area contributed by atoms with Crippen molar-refractivity contribution in [2.24, 2.45) is 0 Å². The third-order valence-corrected chi connectivity index (χ3v) is 5.12. The van der Waals surface area contributed by atoms with Crippen LogP contribution in [0, 0.1) is 0 Å². The summed E-state index contributed by atoms with van der Waals surface area (Å²) in [6.45, 7) is 0. The van der Waals surface area contributed by atoms with Crippen LogP contribution in [0.1, 0.15) is 20.7 Å². The number of methoxy groups -OCH3 is 3. The second kappa shape index (κ2) is 7.11. The molecular formula is C23H18O7. The highest BCUT2D eigenvalue weighted by atomic mass is 16.5. The molecule has 0 fully saturated rings. The van der Waals surface area contributed by atoms with Crippen LogP contribution in [0.25, 0.3) is 21.9 Å². The highest BCUT2D eigenvalue weighted by Gasteiger charge is 2.30. The van der Waals surface area contributed by atoms with Crippen molar-refractivity contribution in [2.75, 3.05) is 21.3 Å². The number of fused-ring (bicyclic) bond motifs is 3. The monoisotopic (exact) mass is 406 g/mol. The summed E-state index contributed by atoms with van der Waals surface area (Å²) in [6.07, 6.45) is 1.16. The molecule has 3 aromatic carbocycles. The average molecular weight is 406 g/mol. The minimum atomic E-state index is -0.436. The zero-order valence-electron chi connectivity index (χ0n) is 16.5. The summed E-state index contributed by atoms with van der Waals surface area (Å²) in [5, 5.41) is 21.5. The number of carbonyl (C=O) groups is 2. The smallest absolute Gasteiger partial charge is 0.229 e. The molecule has 0 aromatic heterocycles. The number of ketones is 2. The summed E-state index contributed by atoms with van der Waals surface area (Å²) in [5.41, 5.74) is 1.50. The van der Waals surface area contributed by atoms with Gasteiger partial charge in [0.15, 0.2) is 34.5 Å². The molecule has 0 saturated carbocycles. The zero-order valence-corrected chi connectivity index (χ0v) is 16.5. The molecule has 0 aliphatic heterocycles. The SMILES string of the molecule is COC1=CC(=O)c2cc(-c3ccc(OC)c(O)c3)c3cc(O)c(OC)cc3c2C1=O. The van der Waals surface area contributed by atoms with Crippen LogP contribution in [0.15, 0.2) is 48.2 Å². The highest BCUT2D eigenvalue weighted by molar-refractivity contribution is 6.29. The fourth-order valence-electron chi connectivity index (χ4n) is 3.67. The number of phenolic OH excluding ortho intramolecular Hbond substituents is 2. The lowest BCUT2D eigenvalue weighted by atomic mass is 9.84. The summed E-state index contributed by atoms with van der Waals surface area (Å²) in [6, 6.07) is 9.36. The van der Waals surface area contributed by atoms with Crippen LogP contribution < -0.4 is 9.47 Å². The van der Waals surface area contributed by atoms with Gasteiger partial charge in [0.25, 0.3) is 0 Å². The number of ether oxygens (including phenoxy) is 3. The summed E-state index contributed by atoms with van der Waals surface area (Å²) in [5.74, 6) is -0.625. The molecule has 152 valence electrons. The normalized spacial score (nSPS) is 13.1. The highest BCUT2D eigenvalue weighted by Crippen LogP contribution is 2.42. The van der Waals surface area contributed by atoms with Crippen LogP contribution in [-0.4, -0.2) is 43.1 Å². The third-order valence-electron chi connectivity index (χ3n) is 5.12. The summed E-state index contributed by atoms with van der Waals surface area (Å²) in [4.78, 5) is 25.7. The van der Waals surface area contributed by atoms with Gasteiger partial charge in [-0.1, -0.05) is 6.07 Å². The molecule has 0 bridgehead atoms. The largest absolute Gasteiger partial charge is 0.504 e. The molecule has 1 aliphatic rings. The summed E-state index contributed by atoms with van der Waals surface area (Å²) in [7, 11) is 4.16. The molecule has 0 heterocycles. The Morgan fingerprint density at radius 1 is 0.733 bits per heavy atom. The van der Waals surface area contributed by atoms with Crippen molar-refractivity contribution >= 4 is 22.3 Å². The van der Waals surface area contributed by atoms with Crippen molar-refractivity contribution in [2.45, 2.75) is 0 Å². The Kier molecular flexibility index (Phi) is 4.58. The lowest BCUT2D eigenvalue weighted by Gasteiger charge is -2.20. The van der Waals surface area contributed by atoms with Crippen LogP contribution in [-0.2, 0) is 4.74 Å². The molecular weight excluding hydrogens is 388 g/mol. The van der Waals surface area contributed by atoms with Crippen molar-refractivity contribution in [3.8, 4) is 34.1 Å². The number of phenols is 2. The van der Waals surface area contributed by atoms with E-state index in [1.54, 1.807) is 18.2 Å². The predicted molar refractivity (Wildman–Crippen MR) is 110 cm³/mol. The van der Waals surface area contributed by atoms with Gasteiger partial charge in [0.1, 0.15) is 0 Å². The lowest BCUT2D eigenvalue weighted by molar-refractivity contribution is 0.0918. The quantitative estimate of drug-likeness (QED) is 0.679. The van der Waals surface area contributed by atoms with E-state index in [2.05, 4.69) is 0 Å². The van der Waals surface area contributed by atoms with Gasteiger partial charge in [-0.2, -0.15) is 0 Å². The van der Waals surface area contributed by atoms with Crippen molar-refractivity contribution in [1.82, 2.24) is 0 Å². The number of carbonyl (C=O) groups excluding carboxylic acids is 2. The van der Waals surface area contributed by atoms with E-state index >= 15 is 0 Å². The molecule has 0 spiro atoms. The van der Waals surface area contributed by atoms with E-state index in [1.165, 1.54) is 39.5 Å². The van der Waals surface area contributed by atoms with Gasteiger partial charge in [-0.25, -0.2) is 0 Å². The molecule has 30 heavy (non-hydrogen) atoms. The Bertz CT molecular complexity index is 1250. The Hall–Kier alpha value is -4.00. The Labute approximate surface area is 171 Å². The van der Waals surface area contributed by atoms with Gasteiger partial charge < -0.3 is 24.4 Å². The fraction of sp³-hybridized carbons (Fsp3) is 0.130. The molecule has 0 saturated heterocycles. The Balaban J connectivity index is 2.11. The van der Waals surface area contributed by atoms with Gasteiger partial charge in [0.2, 0.25) is 5.78 Å². The van der Waals surface area contributed by atoms with Gasteiger partial charge in [-0.05, 0) is 52.2 Å². The number of rotatable bonds is 4. The number of aromatic hydroxyl groups is 2. The number of Topliss-reactive ketones (excluding diaryl/α,β-unsaturated/α-hetero) is 1. The van der Waals surface area contributed by atoms with E-state index in [4.69, 9.17) is 14.2 Å². The topological polar surface area (TPSA) is 102 Å². The Morgan fingerprint density at radius 2 is 1.43 bits per heavy atom. The second-order valence-corrected chi connectivity index (χ2v) is 6.71. The summed E-state index contributed by atoms with van der Waals surface area (Å²) >= 11 is 0. The fourth-order valence-corrected chi connectivity index (χ4v) is 3.67. The number of hydrogen-bond donors (Lipinski definition) is 2. The van der Waals surface area contributed by atoms with Crippen LogP contribution in [0.5, 0.6) is 23.0 Å². The maximum atomic E-state index is 13.0. The van der Waals surface area contributed by atoms with Gasteiger partial charge in [0.05, 0.1) is 21.3 Å². The van der Waals surface area contributed by atoms with Crippen LogP contribution in [0.3, 0.4) is 0 Å². The standard InChI is InChI=1S/C23H18O7/c1-28-19-5-4-11(6-17(19)25)12-7-15-16(24)10-21(30-3)23(27)22(15)14-9-20(29-2)18(26)8-13(12)14/h4-10,25-26H,1-3H3. The molecule has 0 amide bonds. The van der Waals surface area contributed by atoms with Crippen LogP contribution in [0.4, 0.5) is 0 Å². The summed E-state index contributed by atoms with van der Waals surface area (Å²) < 4.78 is 15.4. The van der Waals surface area contributed by atoms with E-state index in [1.807, 2.05) is 0 Å². The van der Waals surface area contributed by atoms with Crippen molar-refractivity contribution in [3.63, 3.8) is 0 Å². The number of hydrogen-bond acceptors (Lipinski definition) is 7. The predicted octanol–water partition coefficient (Wildman–Crippen LogP) is 3.84. The first-order valence-corrected chi connectivity index (χ1v) is 8.99. The van der Waals surface area contributed by atoms with E-state index in [0.29, 0.717) is 27.6 Å².